The normalized spacial score (nSPS) is 13.5. The molecule has 39 heavy (non-hydrogen) atoms. The molecule has 3 aromatic heterocycles. The monoisotopic (exact) mass is 526 g/mol. The summed E-state index contributed by atoms with van der Waals surface area (Å²) in [5, 5.41) is 23.9. The fraction of sp³-hybridized carbons (Fsp3) is 0.138. The summed E-state index contributed by atoms with van der Waals surface area (Å²) in [6, 6.07) is 20.1. The van der Waals surface area contributed by atoms with Crippen LogP contribution >= 0.6 is 0 Å². The van der Waals surface area contributed by atoms with Crippen molar-refractivity contribution in [2.24, 2.45) is 0 Å². The molecule has 5 aromatic rings. The number of nitriles is 1. The van der Waals surface area contributed by atoms with Gasteiger partial charge in [-0.2, -0.15) is 10.4 Å². The Labute approximate surface area is 247 Å². The number of ether oxygens (including phenoxy) is 1. The number of fused-ring (bicyclic) bond motifs is 2. The number of imidazole rings is 1. The van der Waals surface area contributed by atoms with Gasteiger partial charge >= 0.3 is 35.5 Å². The van der Waals surface area contributed by atoms with Crippen LogP contribution in [-0.2, 0) is 4.74 Å². The van der Waals surface area contributed by atoms with Gasteiger partial charge in [0, 0.05) is 24.0 Å². The summed E-state index contributed by atoms with van der Waals surface area (Å²) in [7, 11) is 0. The van der Waals surface area contributed by atoms with Crippen molar-refractivity contribution in [2.45, 2.75) is 0 Å². The van der Waals surface area contributed by atoms with Gasteiger partial charge in [-0.15, -0.1) is 0 Å². The van der Waals surface area contributed by atoms with Crippen LogP contribution in [0.4, 0.5) is 5.69 Å². The van der Waals surface area contributed by atoms with Gasteiger partial charge < -0.3 is 16.2 Å². The predicted molar refractivity (Wildman–Crippen MR) is 145 cm³/mol. The average molecular weight is 527 g/mol. The number of carbonyl (C=O) groups is 1. The number of hydrogen-bond acceptors (Lipinski definition) is 7. The van der Waals surface area contributed by atoms with Crippen molar-refractivity contribution in [2.75, 3.05) is 31.2 Å². The third-order valence-electron chi connectivity index (χ3n) is 6.56. The maximum Gasteiger partial charge on any atom is 1.00 e. The number of carboxylic acids is 1. The molecule has 0 aliphatic carbocycles. The molecule has 0 atom stereocenters. The number of benzene rings is 2. The van der Waals surface area contributed by atoms with Crippen molar-refractivity contribution in [3.8, 4) is 17.3 Å². The smallest absolute Gasteiger partial charge is 1.00 e. The van der Waals surface area contributed by atoms with Crippen molar-refractivity contribution in [1.82, 2.24) is 19.6 Å². The van der Waals surface area contributed by atoms with Crippen molar-refractivity contribution in [3.05, 3.63) is 89.4 Å². The maximum atomic E-state index is 11.6. The SMILES string of the molecule is N#Cc1ccc(-c2c(/C=C/c3ccc4c(C(=O)O)cccc4n3)nc3c(N4CCOCC4)ccnn23)cc1.[H-].[Na+]. The Kier molecular flexibility index (Phi) is 7.72. The third kappa shape index (κ3) is 5.15. The number of carboxylic acid groups (broad SMARTS) is 1. The summed E-state index contributed by atoms with van der Waals surface area (Å²) in [6.45, 7) is 2.84. The molecule has 6 rings (SSSR count). The first kappa shape index (κ1) is 26.5. The zero-order valence-electron chi connectivity index (χ0n) is 22.3. The minimum Gasteiger partial charge on any atom is -1.00 e. The zero-order chi connectivity index (χ0) is 26.1. The minimum atomic E-state index is -0.985. The summed E-state index contributed by atoms with van der Waals surface area (Å²) in [4.78, 5) is 23.4. The van der Waals surface area contributed by atoms with Crippen LogP contribution < -0.4 is 34.5 Å². The molecule has 0 amide bonds. The van der Waals surface area contributed by atoms with E-state index in [1.807, 2.05) is 34.9 Å². The number of aromatic nitrogens is 4. The number of anilines is 1. The Bertz CT molecular complexity index is 1760. The van der Waals surface area contributed by atoms with Gasteiger partial charge in [0.15, 0.2) is 5.65 Å². The zero-order valence-corrected chi connectivity index (χ0v) is 23.3. The first-order chi connectivity index (χ1) is 18.6. The van der Waals surface area contributed by atoms with E-state index in [1.165, 1.54) is 0 Å². The molecule has 10 heteroatoms. The van der Waals surface area contributed by atoms with Gasteiger partial charge in [-0.05, 0) is 54.6 Å². The van der Waals surface area contributed by atoms with E-state index in [4.69, 9.17) is 9.72 Å². The molecule has 1 N–H and O–H groups in total. The second-order valence-electron chi connectivity index (χ2n) is 8.83. The van der Waals surface area contributed by atoms with Crippen LogP contribution in [0.2, 0.25) is 0 Å². The van der Waals surface area contributed by atoms with Crippen molar-refractivity contribution >= 4 is 40.4 Å². The van der Waals surface area contributed by atoms with E-state index in [1.54, 1.807) is 48.7 Å². The fourth-order valence-electron chi connectivity index (χ4n) is 4.71. The van der Waals surface area contributed by atoms with Gasteiger partial charge in [0.1, 0.15) is 5.69 Å². The molecule has 0 unspecified atom stereocenters. The summed E-state index contributed by atoms with van der Waals surface area (Å²) < 4.78 is 7.36. The van der Waals surface area contributed by atoms with Crippen LogP contribution in [0, 0.1) is 11.3 Å². The molecule has 2 aromatic carbocycles. The Morgan fingerprint density at radius 2 is 1.82 bits per heavy atom. The number of nitrogens with zero attached hydrogens (tertiary/aromatic N) is 6. The number of rotatable bonds is 5. The first-order valence-corrected chi connectivity index (χ1v) is 12.1. The van der Waals surface area contributed by atoms with E-state index in [0.29, 0.717) is 41.1 Å². The summed E-state index contributed by atoms with van der Waals surface area (Å²) >= 11 is 0. The standard InChI is InChI=1S/C29H22N6O3.Na.H/c30-18-19-4-6-20(7-5-19)27-25(33-28-26(12-13-31-35(27)28)34-14-16-38-17-15-34)11-9-21-8-10-22-23(29(36)37)2-1-3-24(22)32-21;;/h1-13H,14-17H2,(H,36,37);;/q;+1;-1/b11-9+;;. The van der Waals surface area contributed by atoms with E-state index in [0.717, 1.165) is 35.7 Å². The molecule has 1 aliphatic heterocycles. The first-order valence-electron chi connectivity index (χ1n) is 12.1. The van der Waals surface area contributed by atoms with Crippen molar-refractivity contribution in [1.29, 1.82) is 5.26 Å². The molecule has 1 fully saturated rings. The molecular formula is C29H23N6NaO3. The van der Waals surface area contributed by atoms with Crippen LogP contribution in [0.5, 0.6) is 0 Å². The quantitative estimate of drug-likeness (QED) is 0.344. The minimum absolute atomic E-state index is 0. The Morgan fingerprint density at radius 1 is 1.03 bits per heavy atom. The van der Waals surface area contributed by atoms with Crippen molar-refractivity contribution < 1.29 is 45.6 Å². The summed E-state index contributed by atoms with van der Waals surface area (Å²) in [6.07, 6.45) is 5.52. The summed E-state index contributed by atoms with van der Waals surface area (Å²) in [5.41, 5.74) is 6.14. The average Bonchev–Trinajstić information content (AvgIpc) is 3.34. The van der Waals surface area contributed by atoms with Gasteiger partial charge in [-0.25, -0.2) is 19.3 Å². The molecule has 9 nitrogen and oxygen atoms in total. The molecule has 0 radical (unpaired) electrons. The molecule has 0 spiro atoms. The molecule has 1 aliphatic rings. The Balaban J connectivity index is 0.00000185. The van der Waals surface area contributed by atoms with E-state index >= 15 is 0 Å². The maximum absolute atomic E-state index is 11.6. The van der Waals surface area contributed by atoms with Gasteiger partial charge in [0.2, 0.25) is 0 Å². The van der Waals surface area contributed by atoms with E-state index in [9.17, 15) is 15.2 Å². The van der Waals surface area contributed by atoms with E-state index in [-0.39, 0.29) is 36.5 Å². The second kappa shape index (κ2) is 11.4. The van der Waals surface area contributed by atoms with Gasteiger partial charge in [-0.3, -0.25) is 0 Å². The Morgan fingerprint density at radius 3 is 2.56 bits per heavy atom. The van der Waals surface area contributed by atoms with Crippen LogP contribution in [-0.4, -0.2) is 57.0 Å². The number of aromatic carboxylic acids is 1. The molecule has 0 bridgehead atoms. The van der Waals surface area contributed by atoms with Gasteiger partial charge in [0.25, 0.3) is 0 Å². The summed E-state index contributed by atoms with van der Waals surface area (Å²) in [5.74, 6) is -0.985. The molecule has 1 saturated heterocycles. The molecule has 0 saturated carbocycles. The largest absolute Gasteiger partial charge is 1.00 e. The van der Waals surface area contributed by atoms with Crippen LogP contribution in [0.15, 0.2) is 66.9 Å². The van der Waals surface area contributed by atoms with E-state index < -0.39 is 5.97 Å². The van der Waals surface area contributed by atoms with E-state index in [2.05, 4.69) is 21.1 Å². The van der Waals surface area contributed by atoms with Crippen LogP contribution in [0.25, 0.3) is 40.0 Å². The second-order valence-corrected chi connectivity index (χ2v) is 8.83. The molecule has 188 valence electrons. The van der Waals surface area contributed by atoms with Gasteiger partial charge in [-0.1, -0.05) is 18.2 Å². The molecular weight excluding hydrogens is 503 g/mol. The Hall–Kier alpha value is -4.07. The third-order valence-corrected chi connectivity index (χ3v) is 6.56. The number of morpholine rings is 1. The van der Waals surface area contributed by atoms with Crippen LogP contribution in [0.1, 0.15) is 28.7 Å². The number of hydrogen-bond donors (Lipinski definition) is 1. The van der Waals surface area contributed by atoms with Gasteiger partial charge in [0.05, 0.1) is 59.2 Å². The molecule has 4 heterocycles. The van der Waals surface area contributed by atoms with Crippen molar-refractivity contribution in [3.63, 3.8) is 0 Å². The topological polar surface area (TPSA) is 117 Å². The fourth-order valence-corrected chi connectivity index (χ4v) is 4.71. The predicted octanol–water partition coefficient (Wildman–Crippen LogP) is 1.64. The number of pyridine rings is 1. The van der Waals surface area contributed by atoms with Crippen LogP contribution in [0.3, 0.4) is 0 Å².